The van der Waals surface area contributed by atoms with Gasteiger partial charge in [0.15, 0.2) is 0 Å². The van der Waals surface area contributed by atoms with Crippen LogP contribution in [0.4, 0.5) is 4.79 Å². The Hall–Kier alpha value is -2.67. The molecule has 2 aliphatic rings. The van der Waals surface area contributed by atoms with Crippen LogP contribution < -0.4 is 10.6 Å². The third kappa shape index (κ3) is 2.92. The van der Waals surface area contributed by atoms with Crippen molar-refractivity contribution in [1.29, 1.82) is 0 Å². The number of hydrogen-bond donors (Lipinski definition) is 2. The molecule has 1 aromatic heterocycles. The Balaban J connectivity index is 1.50. The molecule has 2 heterocycles. The molecule has 4 rings (SSSR count). The van der Waals surface area contributed by atoms with Gasteiger partial charge in [-0.2, -0.15) is 0 Å². The Morgan fingerprint density at radius 1 is 1.30 bits per heavy atom. The third-order valence-corrected chi connectivity index (χ3v) is 6.34. The van der Waals surface area contributed by atoms with Crippen LogP contribution in [0, 0.1) is 0 Å². The fourth-order valence-corrected chi connectivity index (χ4v) is 4.84. The summed E-state index contributed by atoms with van der Waals surface area (Å²) in [5, 5.41) is 7.74. The second kappa shape index (κ2) is 6.81. The highest BCUT2D eigenvalue weighted by atomic mass is 32.1. The Morgan fingerprint density at radius 3 is 2.85 bits per heavy atom. The fraction of sp³-hybridized carbons (Fsp3) is 0.350. The van der Waals surface area contributed by atoms with Gasteiger partial charge >= 0.3 is 6.03 Å². The molecular formula is C20H21N3O3S. The van der Waals surface area contributed by atoms with Crippen molar-refractivity contribution in [3.63, 3.8) is 0 Å². The summed E-state index contributed by atoms with van der Waals surface area (Å²) in [4.78, 5) is 40.2. The number of nitrogens with one attached hydrogen (secondary N) is 2. The van der Waals surface area contributed by atoms with E-state index in [2.05, 4.69) is 10.6 Å². The molecule has 7 heteroatoms. The van der Waals surface area contributed by atoms with E-state index in [1.54, 1.807) is 11.3 Å². The van der Waals surface area contributed by atoms with Gasteiger partial charge in [-0.1, -0.05) is 37.3 Å². The molecule has 1 aliphatic heterocycles. The van der Waals surface area contributed by atoms with Crippen LogP contribution >= 0.6 is 11.3 Å². The van der Waals surface area contributed by atoms with Crippen LogP contribution in [0.15, 0.2) is 41.8 Å². The van der Waals surface area contributed by atoms with E-state index < -0.39 is 11.6 Å². The molecule has 1 aromatic carbocycles. The molecule has 1 spiro atoms. The van der Waals surface area contributed by atoms with E-state index in [0.29, 0.717) is 6.42 Å². The normalized spacial score (nSPS) is 22.0. The van der Waals surface area contributed by atoms with Crippen LogP contribution in [0.5, 0.6) is 0 Å². The standard InChI is InChI=1S/C20H21N3O3S/c1-2-15(16-8-5-11-27-16)21-17(24)12-23-18(25)20(22-19(23)26)10-9-13-6-3-4-7-14(13)20/h3-8,11,15H,2,9-10,12H2,1H3,(H,21,24)(H,22,26). The summed E-state index contributed by atoms with van der Waals surface area (Å²) < 4.78 is 0. The zero-order valence-corrected chi connectivity index (χ0v) is 15.8. The number of benzene rings is 1. The molecule has 2 atom stereocenters. The van der Waals surface area contributed by atoms with Crippen LogP contribution in [0.1, 0.15) is 41.8 Å². The van der Waals surface area contributed by atoms with Crippen molar-refractivity contribution in [2.75, 3.05) is 6.54 Å². The highest BCUT2D eigenvalue weighted by Crippen LogP contribution is 2.41. The summed E-state index contributed by atoms with van der Waals surface area (Å²) in [5.74, 6) is -0.668. The maximum Gasteiger partial charge on any atom is 0.325 e. The van der Waals surface area contributed by atoms with Crippen molar-refractivity contribution in [3.05, 3.63) is 57.8 Å². The zero-order chi connectivity index (χ0) is 19.0. The van der Waals surface area contributed by atoms with Gasteiger partial charge in [-0.05, 0) is 41.8 Å². The van der Waals surface area contributed by atoms with Crippen molar-refractivity contribution >= 4 is 29.2 Å². The molecule has 27 heavy (non-hydrogen) atoms. The first-order chi connectivity index (χ1) is 13.0. The molecule has 140 valence electrons. The number of hydrogen-bond acceptors (Lipinski definition) is 4. The van der Waals surface area contributed by atoms with Crippen LogP contribution in [-0.4, -0.2) is 29.3 Å². The third-order valence-electron chi connectivity index (χ3n) is 5.35. The van der Waals surface area contributed by atoms with E-state index in [4.69, 9.17) is 0 Å². The van der Waals surface area contributed by atoms with Crippen LogP contribution in [0.25, 0.3) is 0 Å². The number of imide groups is 1. The lowest BCUT2D eigenvalue weighted by molar-refractivity contribution is -0.135. The molecule has 2 unspecified atom stereocenters. The van der Waals surface area contributed by atoms with E-state index in [0.717, 1.165) is 33.7 Å². The van der Waals surface area contributed by atoms with Gasteiger partial charge in [-0.15, -0.1) is 11.3 Å². The van der Waals surface area contributed by atoms with E-state index in [9.17, 15) is 14.4 Å². The minimum Gasteiger partial charge on any atom is -0.347 e. The number of aryl methyl sites for hydroxylation is 1. The van der Waals surface area contributed by atoms with Gasteiger partial charge in [-0.3, -0.25) is 14.5 Å². The predicted molar refractivity (Wildman–Crippen MR) is 102 cm³/mol. The summed E-state index contributed by atoms with van der Waals surface area (Å²) in [6.45, 7) is 1.72. The second-order valence-corrected chi connectivity index (χ2v) is 7.91. The van der Waals surface area contributed by atoms with E-state index >= 15 is 0 Å². The van der Waals surface area contributed by atoms with Gasteiger partial charge in [0.1, 0.15) is 12.1 Å². The number of rotatable bonds is 5. The maximum absolute atomic E-state index is 13.1. The fourth-order valence-electron chi connectivity index (χ4n) is 3.98. The van der Waals surface area contributed by atoms with Crippen LogP contribution in [-0.2, 0) is 21.5 Å². The smallest absolute Gasteiger partial charge is 0.325 e. The summed E-state index contributed by atoms with van der Waals surface area (Å²) >= 11 is 1.57. The number of carbonyl (C=O) groups is 3. The molecule has 0 bridgehead atoms. The molecule has 1 fully saturated rings. The van der Waals surface area contributed by atoms with Gasteiger partial charge in [0, 0.05) is 4.88 Å². The lowest BCUT2D eigenvalue weighted by atomic mass is 9.92. The molecule has 6 nitrogen and oxygen atoms in total. The van der Waals surface area contributed by atoms with Crippen molar-refractivity contribution in [2.24, 2.45) is 0 Å². The van der Waals surface area contributed by atoms with E-state index in [1.165, 1.54) is 0 Å². The molecule has 4 amide bonds. The number of carbonyl (C=O) groups excluding carboxylic acids is 3. The molecule has 2 aromatic rings. The molecule has 0 radical (unpaired) electrons. The van der Waals surface area contributed by atoms with E-state index in [-0.39, 0.29) is 24.4 Å². The average molecular weight is 383 g/mol. The van der Waals surface area contributed by atoms with Crippen molar-refractivity contribution in [3.8, 4) is 0 Å². The summed E-state index contributed by atoms with van der Waals surface area (Å²) in [6, 6.07) is 11.0. The first kappa shape index (κ1) is 17.7. The maximum atomic E-state index is 13.1. The Morgan fingerprint density at radius 2 is 2.11 bits per heavy atom. The van der Waals surface area contributed by atoms with Crippen molar-refractivity contribution < 1.29 is 14.4 Å². The summed E-state index contributed by atoms with van der Waals surface area (Å²) in [6.07, 6.45) is 2.00. The lowest BCUT2D eigenvalue weighted by Gasteiger charge is -2.22. The highest BCUT2D eigenvalue weighted by Gasteiger charge is 2.55. The van der Waals surface area contributed by atoms with Crippen LogP contribution in [0.3, 0.4) is 0 Å². The number of urea groups is 1. The number of thiophene rings is 1. The van der Waals surface area contributed by atoms with Crippen LogP contribution in [0.2, 0.25) is 0 Å². The van der Waals surface area contributed by atoms with Crippen molar-refractivity contribution in [2.45, 2.75) is 37.8 Å². The van der Waals surface area contributed by atoms with Gasteiger partial charge in [0.05, 0.1) is 6.04 Å². The van der Waals surface area contributed by atoms with E-state index in [1.807, 2.05) is 48.7 Å². The Kier molecular flexibility index (Phi) is 4.47. The Labute approximate surface area is 161 Å². The number of nitrogens with zero attached hydrogens (tertiary/aromatic N) is 1. The van der Waals surface area contributed by atoms with Crippen molar-refractivity contribution in [1.82, 2.24) is 15.5 Å². The monoisotopic (exact) mass is 383 g/mol. The first-order valence-electron chi connectivity index (χ1n) is 9.10. The van der Waals surface area contributed by atoms with Gasteiger partial charge < -0.3 is 10.6 Å². The highest BCUT2D eigenvalue weighted by molar-refractivity contribution is 7.10. The predicted octanol–water partition coefficient (Wildman–Crippen LogP) is 2.71. The molecule has 0 saturated carbocycles. The summed E-state index contributed by atoms with van der Waals surface area (Å²) in [5.41, 5.74) is 0.892. The molecular weight excluding hydrogens is 362 g/mol. The SMILES string of the molecule is CCC(NC(=O)CN1C(=O)NC2(CCc3ccccc32)C1=O)c1cccs1. The van der Waals surface area contributed by atoms with Gasteiger partial charge in [0.2, 0.25) is 5.91 Å². The Bertz CT molecular complexity index is 896. The number of amides is 4. The topological polar surface area (TPSA) is 78.5 Å². The molecule has 1 saturated heterocycles. The largest absolute Gasteiger partial charge is 0.347 e. The average Bonchev–Trinajstić information content (AvgIpc) is 3.37. The van der Waals surface area contributed by atoms with Gasteiger partial charge in [0.25, 0.3) is 5.91 Å². The zero-order valence-electron chi connectivity index (χ0n) is 15.0. The number of fused-ring (bicyclic) bond motifs is 2. The molecule has 1 aliphatic carbocycles. The first-order valence-corrected chi connectivity index (χ1v) is 9.98. The second-order valence-electron chi connectivity index (χ2n) is 6.93. The lowest BCUT2D eigenvalue weighted by Crippen LogP contribution is -2.44. The summed E-state index contributed by atoms with van der Waals surface area (Å²) in [7, 11) is 0. The molecule has 2 N–H and O–H groups in total. The minimum atomic E-state index is -1.02. The minimum absolute atomic E-state index is 0.112. The quantitative estimate of drug-likeness (QED) is 0.779. The van der Waals surface area contributed by atoms with Gasteiger partial charge in [-0.25, -0.2) is 4.79 Å².